The van der Waals surface area contributed by atoms with Crippen molar-refractivity contribution in [3.05, 3.63) is 47.2 Å². The van der Waals surface area contributed by atoms with Gasteiger partial charge in [0.05, 0.1) is 14.1 Å². The predicted octanol–water partition coefficient (Wildman–Crippen LogP) is 4.16. The highest BCUT2D eigenvalue weighted by atomic mass is 28.3. The Morgan fingerprint density at radius 2 is 1.80 bits per heavy atom. The molecule has 0 radical (unpaired) electrons. The summed E-state index contributed by atoms with van der Waals surface area (Å²) in [5, 5.41) is 3.67. The molecular formula is C20H28F2N2Si. The van der Waals surface area contributed by atoms with E-state index in [1.165, 1.54) is 23.4 Å². The Morgan fingerprint density at radius 3 is 2.36 bits per heavy atom. The van der Waals surface area contributed by atoms with Crippen molar-refractivity contribution < 1.29 is 8.78 Å². The summed E-state index contributed by atoms with van der Waals surface area (Å²) < 4.78 is 29.7. The van der Waals surface area contributed by atoms with Gasteiger partial charge in [-0.15, -0.1) is 0 Å². The Kier molecular flexibility index (Phi) is 4.90. The maximum absolute atomic E-state index is 14.8. The van der Waals surface area contributed by atoms with Gasteiger partial charge in [0.15, 0.2) is 0 Å². The normalized spacial score (nSPS) is 21.1. The van der Waals surface area contributed by atoms with E-state index in [9.17, 15) is 8.78 Å². The van der Waals surface area contributed by atoms with E-state index >= 15 is 0 Å². The summed E-state index contributed by atoms with van der Waals surface area (Å²) in [7, 11) is -2.07. The molecular weight excluding hydrogens is 334 g/mol. The van der Waals surface area contributed by atoms with Crippen molar-refractivity contribution in [1.29, 1.82) is 0 Å². The van der Waals surface area contributed by atoms with Crippen LogP contribution < -0.4 is 15.4 Å². The van der Waals surface area contributed by atoms with E-state index in [-0.39, 0.29) is 6.04 Å². The fraction of sp³-hybridized carbons (Fsp3) is 0.500. The first-order valence-corrected chi connectivity index (χ1v) is 12.6. The van der Waals surface area contributed by atoms with E-state index in [1.54, 1.807) is 0 Å². The molecule has 25 heavy (non-hydrogen) atoms. The highest BCUT2D eigenvalue weighted by Gasteiger charge is 2.32. The minimum atomic E-state index is -2.07. The number of rotatable bonds is 3. The van der Waals surface area contributed by atoms with Gasteiger partial charge in [-0.3, -0.25) is 0 Å². The number of benzene rings is 1. The Hall–Kier alpha value is -1.46. The second-order valence-electron chi connectivity index (χ2n) is 8.40. The minimum absolute atomic E-state index is 0.119. The van der Waals surface area contributed by atoms with Crippen LogP contribution in [0.4, 0.5) is 14.5 Å². The largest absolute Gasteiger partial charge is 0.337 e. The van der Waals surface area contributed by atoms with Gasteiger partial charge in [-0.25, -0.2) is 8.78 Å². The van der Waals surface area contributed by atoms with E-state index in [2.05, 4.69) is 36.2 Å². The van der Waals surface area contributed by atoms with Gasteiger partial charge >= 0.3 is 0 Å². The standard InChI is InChI=1S/C20H28F2N2Si/c1-13(2)18-7-6-14-12-23-9-8-19(14)24(18)15-10-16(21)20(17(22)11-15)25(3,4)5/h6-7,10-11,13,18,23H,8-9,12H2,1-5H3/t18-/m0/s1. The lowest BCUT2D eigenvalue weighted by Gasteiger charge is -2.41. The van der Waals surface area contributed by atoms with Crippen molar-refractivity contribution in [3.8, 4) is 0 Å². The fourth-order valence-electron chi connectivity index (χ4n) is 3.87. The quantitative estimate of drug-likeness (QED) is 0.813. The minimum Gasteiger partial charge on any atom is -0.337 e. The fourth-order valence-corrected chi connectivity index (χ4v) is 5.44. The van der Waals surface area contributed by atoms with Crippen LogP contribution >= 0.6 is 0 Å². The third-order valence-corrected chi connectivity index (χ3v) is 7.02. The van der Waals surface area contributed by atoms with Crippen molar-refractivity contribution in [2.24, 2.45) is 5.92 Å². The monoisotopic (exact) mass is 362 g/mol. The van der Waals surface area contributed by atoms with Crippen LogP contribution in [0.2, 0.25) is 19.6 Å². The van der Waals surface area contributed by atoms with Gasteiger partial charge in [0, 0.05) is 36.1 Å². The van der Waals surface area contributed by atoms with Gasteiger partial charge in [-0.05, 0) is 23.6 Å². The lowest BCUT2D eigenvalue weighted by atomic mass is 9.92. The van der Waals surface area contributed by atoms with E-state index in [0.717, 1.165) is 19.5 Å². The lowest BCUT2D eigenvalue weighted by Crippen LogP contribution is -2.45. The molecule has 136 valence electrons. The van der Waals surface area contributed by atoms with Crippen LogP contribution in [0.25, 0.3) is 0 Å². The van der Waals surface area contributed by atoms with Crippen LogP contribution in [-0.4, -0.2) is 27.2 Å². The van der Waals surface area contributed by atoms with E-state index in [1.807, 2.05) is 19.6 Å². The van der Waals surface area contributed by atoms with Crippen LogP contribution in [0, 0.1) is 17.6 Å². The van der Waals surface area contributed by atoms with Crippen molar-refractivity contribution in [2.45, 2.75) is 46.0 Å². The highest BCUT2D eigenvalue weighted by Crippen LogP contribution is 2.35. The molecule has 1 aromatic rings. The molecule has 2 heterocycles. The number of nitrogens with zero attached hydrogens (tertiary/aromatic N) is 1. The SMILES string of the molecule is CC(C)[C@@H]1C=CC2=C(CCNC2)N1c1cc(F)c([Si](C)(C)C)c(F)c1. The van der Waals surface area contributed by atoms with Crippen molar-refractivity contribution in [3.63, 3.8) is 0 Å². The second kappa shape index (κ2) is 6.69. The van der Waals surface area contributed by atoms with Gasteiger partial charge in [0.1, 0.15) is 11.6 Å². The lowest BCUT2D eigenvalue weighted by molar-refractivity contribution is 0.518. The van der Waals surface area contributed by atoms with Crippen LogP contribution in [0.5, 0.6) is 0 Å². The summed E-state index contributed by atoms with van der Waals surface area (Å²) in [4.78, 5) is 2.15. The van der Waals surface area contributed by atoms with Gasteiger partial charge in [0.25, 0.3) is 0 Å². The van der Waals surface area contributed by atoms with Crippen molar-refractivity contribution >= 4 is 18.9 Å². The average molecular weight is 363 g/mol. The summed E-state index contributed by atoms with van der Waals surface area (Å²) in [6.45, 7) is 11.9. The predicted molar refractivity (Wildman–Crippen MR) is 104 cm³/mol. The Morgan fingerprint density at radius 1 is 1.16 bits per heavy atom. The molecule has 0 saturated heterocycles. The summed E-state index contributed by atoms with van der Waals surface area (Å²) >= 11 is 0. The van der Waals surface area contributed by atoms with E-state index in [0.29, 0.717) is 16.8 Å². The molecule has 1 N–H and O–H groups in total. The Labute approximate surface area is 150 Å². The second-order valence-corrected chi connectivity index (χ2v) is 13.4. The molecule has 0 fully saturated rings. The number of halogens is 2. The van der Waals surface area contributed by atoms with Gasteiger partial charge < -0.3 is 10.2 Å². The molecule has 0 spiro atoms. The molecule has 0 unspecified atom stereocenters. The van der Waals surface area contributed by atoms with Crippen molar-refractivity contribution in [1.82, 2.24) is 5.32 Å². The van der Waals surface area contributed by atoms with Gasteiger partial charge in [0.2, 0.25) is 0 Å². The molecule has 0 saturated carbocycles. The molecule has 2 aliphatic heterocycles. The summed E-state index contributed by atoms with van der Waals surface area (Å²) in [5.74, 6) is -0.451. The summed E-state index contributed by atoms with van der Waals surface area (Å²) in [6, 6.07) is 3.20. The molecule has 0 aromatic heterocycles. The number of hydrogen-bond donors (Lipinski definition) is 1. The highest BCUT2D eigenvalue weighted by molar-refractivity contribution is 6.88. The van der Waals surface area contributed by atoms with Crippen LogP contribution in [0.1, 0.15) is 20.3 Å². The number of hydrogen-bond acceptors (Lipinski definition) is 2. The van der Waals surface area contributed by atoms with E-state index < -0.39 is 19.7 Å². The maximum atomic E-state index is 14.8. The van der Waals surface area contributed by atoms with Gasteiger partial charge in [-0.2, -0.15) is 0 Å². The third-order valence-electron chi connectivity index (χ3n) is 5.05. The molecule has 3 rings (SSSR count). The maximum Gasteiger partial charge on any atom is 0.127 e. The number of anilines is 1. The molecule has 0 bridgehead atoms. The van der Waals surface area contributed by atoms with Gasteiger partial charge in [-0.1, -0.05) is 45.6 Å². The van der Waals surface area contributed by atoms with Crippen LogP contribution in [0.3, 0.4) is 0 Å². The molecule has 1 atom stereocenters. The molecule has 1 aromatic carbocycles. The zero-order chi connectivity index (χ0) is 18.4. The van der Waals surface area contributed by atoms with Crippen molar-refractivity contribution in [2.75, 3.05) is 18.0 Å². The molecule has 0 amide bonds. The number of nitrogens with one attached hydrogen (secondary N) is 1. The Bertz CT molecular complexity index is 709. The molecule has 2 aliphatic rings. The van der Waals surface area contributed by atoms with Crippen LogP contribution in [0.15, 0.2) is 35.6 Å². The zero-order valence-corrected chi connectivity index (χ0v) is 16.8. The molecule has 5 heteroatoms. The van der Waals surface area contributed by atoms with Crippen LogP contribution in [-0.2, 0) is 0 Å². The first-order chi connectivity index (χ1) is 11.7. The molecule has 0 aliphatic carbocycles. The first-order valence-electron chi connectivity index (χ1n) is 9.10. The smallest absolute Gasteiger partial charge is 0.127 e. The summed E-state index contributed by atoms with van der Waals surface area (Å²) in [6.07, 6.45) is 5.21. The van der Waals surface area contributed by atoms with E-state index in [4.69, 9.17) is 0 Å². The molecule has 2 nitrogen and oxygen atoms in total. The third kappa shape index (κ3) is 3.44. The topological polar surface area (TPSA) is 15.3 Å². The summed E-state index contributed by atoms with van der Waals surface area (Å²) in [5.41, 5.74) is 3.05. The average Bonchev–Trinajstić information content (AvgIpc) is 2.51. The Balaban J connectivity index is 2.12. The first kappa shape index (κ1) is 18.3. The zero-order valence-electron chi connectivity index (χ0n) is 15.8.